The van der Waals surface area contributed by atoms with Crippen LogP contribution in [-0.2, 0) is 4.79 Å². The van der Waals surface area contributed by atoms with Gasteiger partial charge in [-0.15, -0.1) is 12.4 Å². The molecule has 0 heterocycles. The van der Waals surface area contributed by atoms with E-state index >= 15 is 0 Å². The molecule has 17 heavy (non-hydrogen) atoms. The molecule has 0 radical (unpaired) electrons. The third kappa shape index (κ3) is 5.73. The van der Waals surface area contributed by atoms with Crippen molar-refractivity contribution in [2.45, 2.75) is 46.0 Å². The largest absolute Gasteiger partial charge is 0.345 e. The molecule has 0 spiro atoms. The second kappa shape index (κ2) is 7.22. The summed E-state index contributed by atoms with van der Waals surface area (Å²) < 4.78 is 0. The Bertz CT molecular complexity index is 240. The molecule has 1 fully saturated rings. The fraction of sp³-hybridized carbons (Fsp3) is 0.923. The Labute approximate surface area is 112 Å². The van der Waals surface area contributed by atoms with Gasteiger partial charge in [0, 0.05) is 20.0 Å². The van der Waals surface area contributed by atoms with Crippen molar-refractivity contribution in [3.8, 4) is 0 Å². The van der Waals surface area contributed by atoms with E-state index in [-0.39, 0.29) is 23.7 Å². The van der Waals surface area contributed by atoms with Crippen molar-refractivity contribution >= 4 is 18.3 Å². The Morgan fingerprint density at radius 3 is 2.41 bits per heavy atom. The molecule has 0 aromatic carbocycles. The van der Waals surface area contributed by atoms with Crippen LogP contribution < -0.4 is 5.73 Å². The van der Waals surface area contributed by atoms with Crippen molar-refractivity contribution in [3.63, 3.8) is 0 Å². The molecular formula is C13H27ClN2O. The summed E-state index contributed by atoms with van der Waals surface area (Å²) >= 11 is 0. The smallest absolute Gasteiger partial charge is 0.222 e. The number of amides is 1. The van der Waals surface area contributed by atoms with E-state index in [1.807, 2.05) is 11.9 Å². The second-order valence-corrected chi connectivity index (χ2v) is 5.95. The molecule has 1 rings (SSSR count). The van der Waals surface area contributed by atoms with E-state index < -0.39 is 0 Å². The van der Waals surface area contributed by atoms with Crippen LogP contribution in [0.3, 0.4) is 0 Å². The highest BCUT2D eigenvalue weighted by Crippen LogP contribution is 2.30. The molecule has 0 bridgehead atoms. The topological polar surface area (TPSA) is 46.3 Å². The predicted molar refractivity (Wildman–Crippen MR) is 74.3 cm³/mol. The zero-order valence-corrected chi connectivity index (χ0v) is 12.2. The molecule has 0 aromatic rings. The van der Waals surface area contributed by atoms with Gasteiger partial charge in [-0.05, 0) is 24.3 Å². The van der Waals surface area contributed by atoms with Crippen molar-refractivity contribution in [1.29, 1.82) is 0 Å². The summed E-state index contributed by atoms with van der Waals surface area (Å²) in [5, 5.41) is 0. The quantitative estimate of drug-likeness (QED) is 0.799. The predicted octanol–water partition coefficient (Wildman–Crippen LogP) is 2.43. The van der Waals surface area contributed by atoms with Crippen molar-refractivity contribution in [2.24, 2.45) is 17.1 Å². The zero-order chi connectivity index (χ0) is 12.2. The lowest BCUT2D eigenvalue weighted by Gasteiger charge is -2.30. The van der Waals surface area contributed by atoms with Crippen LogP contribution in [0.5, 0.6) is 0 Å². The van der Waals surface area contributed by atoms with Gasteiger partial charge in [-0.3, -0.25) is 4.79 Å². The highest BCUT2D eigenvalue weighted by molar-refractivity contribution is 5.85. The summed E-state index contributed by atoms with van der Waals surface area (Å²) in [5.41, 5.74) is 5.70. The van der Waals surface area contributed by atoms with Gasteiger partial charge >= 0.3 is 0 Å². The summed E-state index contributed by atoms with van der Waals surface area (Å²) in [6.45, 7) is 5.58. The van der Waals surface area contributed by atoms with Gasteiger partial charge in [0.15, 0.2) is 0 Å². The van der Waals surface area contributed by atoms with E-state index in [9.17, 15) is 4.79 Å². The lowest BCUT2D eigenvalue weighted by atomic mass is 9.82. The molecule has 1 aliphatic carbocycles. The minimum Gasteiger partial charge on any atom is -0.345 e. The van der Waals surface area contributed by atoms with Crippen molar-refractivity contribution < 1.29 is 4.79 Å². The molecular weight excluding hydrogens is 236 g/mol. The molecule has 4 heteroatoms. The van der Waals surface area contributed by atoms with Crippen LogP contribution in [-0.4, -0.2) is 30.9 Å². The third-order valence-corrected chi connectivity index (χ3v) is 3.63. The monoisotopic (exact) mass is 262 g/mol. The Morgan fingerprint density at radius 1 is 1.41 bits per heavy atom. The van der Waals surface area contributed by atoms with E-state index in [1.165, 1.54) is 19.3 Å². The van der Waals surface area contributed by atoms with Crippen LogP contribution in [0.15, 0.2) is 0 Å². The standard InChI is InChI=1S/C13H26N2O.ClH/c1-13(2,9-14)10-15(3)12(16)8-7-11-5-4-6-11;/h11H,4-10,14H2,1-3H3;1H. The first-order valence-corrected chi connectivity index (χ1v) is 6.38. The molecule has 0 unspecified atom stereocenters. The van der Waals surface area contributed by atoms with Crippen LogP contribution in [0.4, 0.5) is 0 Å². The second-order valence-electron chi connectivity index (χ2n) is 5.95. The molecule has 1 aliphatic rings. The van der Waals surface area contributed by atoms with Gasteiger partial charge in [-0.1, -0.05) is 33.1 Å². The molecule has 0 saturated heterocycles. The number of halogens is 1. The van der Waals surface area contributed by atoms with Gasteiger partial charge in [0.1, 0.15) is 0 Å². The Kier molecular flexibility index (Phi) is 7.10. The van der Waals surface area contributed by atoms with Gasteiger partial charge in [-0.25, -0.2) is 0 Å². The van der Waals surface area contributed by atoms with Crippen LogP contribution in [0.1, 0.15) is 46.0 Å². The van der Waals surface area contributed by atoms with Crippen LogP contribution in [0, 0.1) is 11.3 Å². The lowest BCUT2D eigenvalue weighted by molar-refractivity contribution is -0.131. The number of carbonyl (C=O) groups is 1. The maximum absolute atomic E-state index is 11.9. The number of nitrogens with zero attached hydrogens (tertiary/aromatic N) is 1. The summed E-state index contributed by atoms with van der Waals surface area (Å²) in [4.78, 5) is 13.7. The van der Waals surface area contributed by atoms with Crippen LogP contribution in [0.25, 0.3) is 0 Å². The van der Waals surface area contributed by atoms with Crippen molar-refractivity contribution in [1.82, 2.24) is 4.90 Å². The number of hydrogen-bond donors (Lipinski definition) is 1. The summed E-state index contributed by atoms with van der Waals surface area (Å²) in [7, 11) is 1.89. The summed E-state index contributed by atoms with van der Waals surface area (Å²) in [6, 6.07) is 0. The van der Waals surface area contributed by atoms with E-state index in [0.29, 0.717) is 13.0 Å². The van der Waals surface area contributed by atoms with Gasteiger partial charge in [0.25, 0.3) is 0 Å². The molecule has 1 amide bonds. The van der Waals surface area contributed by atoms with E-state index in [0.717, 1.165) is 18.9 Å². The maximum Gasteiger partial charge on any atom is 0.222 e. The Balaban J connectivity index is 0.00000256. The molecule has 102 valence electrons. The Morgan fingerprint density at radius 2 is 2.00 bits per heavy atom. The summed E-state index contributed by atoms with van der Waals surface area (Å²) in [6.07, 6.45) is 5.79. The number of hydrogen-bond acceptors (Lipinski definition) is 2. The normalized spacial score (nSPS) is 16.0. The lowest BCUT2D eigenvalue weighted by Crippen LogP contribution is -2.39. The first kappa shape index (κ1) is 16.7. The summed E-state index contributed by atoms with van der Waals surface area (Å²) in [5.74, 6) is 1.09. The highest BCUT2D eigenvalue weighted by Gasteiger charge is 2.23. The number of nitrogens with two attached hydrogens (primary N) is 1. The van der Waals surface area contributed by atoms with Crippen molar-refractivity contribution in [3.05, 3.63) is 0 Å². The Hall–Kier alpha value is -0.280. The SMILES string of the molecule is CN(CC(C)(C)CN)C(=O)CCC1CCC1.Cl. The molecule has 1 saturated carbocycles. The van der Waals surface area contributed by atoms with Gasteiger partial charge in [-0.2, -0.15) is 0 Å². The van der Waals surface area contributed by atoms with Gasteiger partial charge in [0.2, 0.25) is 5.91 Å². The number of rotatable bonds is 6. The average Bonchev–Trinajstić information content (AvgIpc) is 2.14. The number of carbonyl (C=O) groups excluding carboxylic acids is 1. The van der Waals surface area contributed by atoms with E-state index in [4.69, 9.17) is 5.73 Å². The molecule has 2 N–H and O–H groups in total. The van der Waals surface area contributed by atoms with E-state index in [1.54, 1.807) is 0 Å². The molecule has 0 aliphatic heterocycles. The maximum atomic E-state index is 11.9. The van der Waals surface area contributed by atoms with Crippen molar-refractivity contribution in [2.75, 3.05) is 20.1 Å². The fourth-order valence-electron chi connectivity index (χ4n) is 2.09. The highest BCUT2D eigenvalue weighted by atomic mass is 35.5. The fourth-order valence-corrected chi connectivity index (χ4v) is 2.09. The van der Waals surface area contributed by atoms with E-state index in [2.05, 4.69) is 13.8 Å². The molecule has 0 atom stereocenters. The minimum absolute atomic E-state index is 0. The first-order valence-electron chi connectivity index (χ1n) is 6.38. The minimum atomic E-state index is 0. The van der Waals surface area contributed by atoms with Gasteiger partial charge < -0.3 is 10.6 Å². The average molecular weight is 263 g/mol. The van der Waals surface area contributed by atoms with Crippen LogP contribution >= 0.6 is 12.4 Å². The van der Waals surface area contributed by atoms with Gasteiger partial charge in [0.05, 0.1) is 0 Å². The molecule has 3 nitrogen and oxygen atoms in total. The zero-order valence-electron chi connectivity index (χ0n) is 11.4. The third-order valence-electron chi connectivity index (χ3n) is 3.63. The molecule has 0 aromatic heterocycles. The first-order chi connectivity index (χ1) is 7.44. The van der Waals surface area contributed by atoms with Crippen LogP contribution in [0.2, 0.25) is 0 Å².